The maximum absolute atomic E-state index is 6.61. The van der Waals surface area contributed by atoms with E-state index >= 15 is 0 Å². The fourth-order valence-electron chi connectivity index (χ4n) is 8.30. The second-order valence-corrected chi connectivity index (χ2v) is 15.5. The number of nitrogens with zero attached hydrogens (tertiary/aromatic N) is 3. The van der Waals surface area contributed by atoms with E-state index in [-0.39, 0.29) is 0 Å². The number of aromatic nitrogens is 3. The normalized spacial score (nSPS) is 11.6. The first-order valence-electron chi connectivity index (χ1n) is 18.7. The summed E-state index contributed by atoms with van der Waals surface area (Å²) in [6.07, 6.45) is 0. The zero-order valence-corrected chi connectivity index (χ0v) is 32.2. The third-order valence-corrected chi connectivity index (χ3v) is 12.8. The molecule has 0 N–H and O–H groups in total. The number of hydrogen-bond acceptors (Lipinski definition) is 5. The summed E-state index contributed by atoms with van der Waals surface area (Å²) in [5, 5.41) is 4.60. The molecule has 10 aromatic rings. The lowest BCUT2D eigenvalue weighted by atomic mass is 9.59. The first-order chi connectivity index (χ1) is 26.9. The van der Waals surface area contributed by atoms with Crippen LogP contribution in [0.3, 0.4) is 0 Å². The highest BCUT2D eigenvalue weighted by Crippen LogP contribution is 2.45. The summed E-state index contributed by atoms with van der Waals surface area (Å²) in [4.78, 5) is 15.5. The Kier molecular flexibility index (Phi) is 7.93. The van der Waals surface area contributed by atoms with Gasteiger partial charge in [-0.15, -0.1) is 27.7 Å². The van der Waals surface area contributed by atoms with Gasteiger partial charge in [0.2, 0.25) is 0 Å². The van der Waals surface area contributed by atoms with E-state index in [2.05, 4.69) is 142 Å². The number of furan rings is 1. The van der Waals surface area contributed by atoms with E-state index in [1.165, 1.54) is 64.2 Å². The third kappa shape index (κ3) is 5.38. The maximum atomic E-state index is 6.61. The molecule has 0 saturated heterocycles. The van der Waals surface area contributed by atoms with Crippen molar-refractivity contribution in [2.75, 3.05) is 0 Å². The van der Waals surface area contributed by atoms with Crippen molar-refractivity contribution in [2.24, 2.45) is 0 Å². The Morgan fingerprint density at radius 1 is 0.400 bits per heavy atom. The fourth-order valence-corrected chi connectivity index (χ4v) is 9.53. The second kappa shape index (κ2) is 13.0. The van der Waals surface area contributed by atoms with Crippen molar-refractivity contribution in [3.05, 3.63) is 133 Å². The van der Waals surface area contributed by atoms with Crippen LogP contribution in [0.15, 0.2) is 138 Å². The van der Waals surface area contributed by atoms with Gasteiger partial charge in [0.25, 0.3) is 0 Å². The Hall–Kier alpha value is -6.11. The van der Waals surface area contributed by atoms with Gasteiger partial charge in [0.05, 0.1) is 0 Å². The van der Waals surface area contributed by atoms with Crippen molar-refractivity contribution < 1.29 is 4.42 Å². The Labute approximate surface area is 327 Å². The Balaban J connectivity index is 1.18. The number of fused-ring (bicyclic) bond motifs is 6. The topological polar surface area (TPSA) is 51.8 Å². The zero-order valence-electron chi connectivity index (χ0n) is 31.4. The van der Waals surface area contributed by atoms with Gasteiger partial charge in [-0.05, 0) is 34.9 Å². The van der Waals surface area contributed by atoms with Gasteiger partial charge in [-0.2, -0.15) is 0 Å². The Morgan fingerprint density at radius 3 is 1.62 bits per heavy atom. The van der Waals surface area contributed by atoms with E-state index in [1.54, 1.807) is 0 Å². The Morgan fingerprint density at radius 2 is 0.909 bits per heavy atom. The molecule has 4 nitrogen and oxygen atoms in total. The molecule has 0 bridgehead atoms. The molecule has 254 valence electrons. The van der Waals surface area contributed by atoms with E-state index in [1.807, 2.05) is 41.7 Å². The van der Waals surface area contributed by atoms with Crippen molar-refractivity contribution in [1.29, 1.82) is 0 Å². The number of rotatable bonds is 5. The lowest BCUT2D eigenvalue weighted by molar-refractivity contribution is 0.669. The predicted octanol–water partition coefficient (Wildman–Crippen LogP) is 3.77. The summed E-state index contributed by atoms with van der Waals surface area (Å²) in [6.45, 7) is 0. The van der Waals surface area contributed by atoms with E-state index in [0.717, 1.165) is 44.2 Å². The van der Waals surface area contributed by atoms with Crippen LogP contribution in [0.5, 0.6) is 0 Å². The molecule has 0 spiro atoms. The summed E-state index contributed by atoms with van der Waals surface area (Å²) in [6, 6.07) is 46.7. The summed E-state index contributed by atoms with van der Waals surface area (Å²) in [5.74, 6) is 1.86. The lowest BCUT2D eigenvalue weighted by Gasteiger charge is -2.20. The minimum Gasteiger partial charge on any atom is -0.456 e. The van der Waals surface area contributed by atoms with Gasteiger partial charge in [0.15, 0.2) is 17.5 Å². The molecule has 3 aromatic heterocycles. The standard InChI is InChI=1S/C45H32B5N3OS/c46-37-34(38(47)40(49)41(50)39(37)48)23-19-21-25(22-20-23)44-51-43(24-9-2-1-3-10-24)52-45(53-44)30-15-8-17-32-36(30)35-27(12-7-16-31(35)54-32)29-14-6-13-28-26-11-4-5-18-33(26)55-42(28)29/h1-22H,46-50H2. The van der Waals surface area contributed by atoms with Gasteiger partial charge in [-0.3, -0.25) is 0 Å². The molecule has 0 unspecified atom stereocenters. The number of benzene rings is 7. The Bertz CT molecular complexity index is 3130. The van der Waals surface area contributed by atoms with Crippen LogP contribution in [0.1, 0.15) is 0 Å². The summed E-state index contributed by atoms with van der Waals surface area (Å²) >= 11 is 1.84. The molecule has 7 aromatic carbocycles. The minimum absolute atomic E-state index is 0.604. The maximum Gasteiger partial charge on any atom is 0.164 e. The molecule has 10 heteroatoms. The third-order valence-electron chi connectivity index (χ3n) is 11.6. The SMILES string of the molecule is Bc1c(B)c(B)c(-c2ccc(-c3nc(-c4ccccc4)nc(-c4cccc5oc6cccc(-c7cccc8c7sc7ccccc78)c6c45)n3)cc2)c(B)c1B. The molecule has 0 amide bonds. The highest BCUT2D eigenvalue weighted by molar-refractivity contribution is 7.26. The van der Waals surface area contributed by atoms with Crippen molar-refractivity contribution in [2.45, 2.75) is 0 Å². The van der Waals surface area contributed by atoms with Crippen LogP contribution in [-0.2, 0) is 0 Å². The number of thiophene rings is 1. The molecular weight excluding hydrogens is 685 g/mol. The first kappa shape index (κ1) is 33.5. The van der Waals surface area contributed by atoms with E-state index < -0.39 is 0 Å². The van der Waals surface area contributed by atoms with Crippen LogP contribution in [-0.4, -0.2) is 54.2 Å². The zero-order chi connectivity index (χ0) is 37.4. The molecule has 0 fully saturated rings. The predicted molar refractivity (Wildman–Crippen MR) is 248 cm³/mol. The van der Waals surface area contributed by atoms with Crippen LogP contribution < -0.4 is 27.3 Å². The van der Waals surface area contributed by atoms with Gasteiger partial charge in [-0.25, -0.2) is 15.0 Å². The van der Waals surface area contributed by atoms with Crippen molar-refractivity contribution in [1.82, 2.24) is 15.0 Å². The fraction of sp³-hybridized carbons (Fsp3) is 0. The van der Waals surface area contributed by atoms with Gasteiger partial charge < -0.3 is 4.42 Å². The van der Waals surface area contributed by atoms with Crippen molar-refractivity contribution in [3.63, 3.8) is 0 Å². The molecule has 10 rings (SSSR count). The summed E-state index contributed by atoms with van der Waals surface area (Å²) < 4.78 is 9.15. The van der Waals surface area contributed by atoms with Crippen molar-refractivity contribution >= 4 is 120 Å². The average molecular weight is 717 g/mol. The second-order valence-electron chi connectivity index (χ2n) is 14.5. The largest absolute Gasteiger partial charge is 0.456 e. The lowest BCUT2D eigenvalue weighted by Crippen LogP contribution is -2.55. The van der Waals surface area contributed by atoms with E-state index in [9.17, 15) is 0 Å². The smallest absolute Gasteiger partial charge is 0.164 e. The molecule has 0 aliphatic heterocycles. The summed E-state index contributed by atoms with van der Waals surface area (Å²) in [7, 11) is 11.1. The molecular formula is C45H32B5N3OS. The molecule has 3 heterocycles. The van der Waals surface area contributed by atoms with Gasteiger partial charge in [-0.1, -0.05) is 126 Å². The first-order valence-corrected chi connectivity index (χ1v) is 19.5. The quantitative estimate of drug-likeness (QED) is 0.255. The molecule has 55 heavy (non-hydrogen) atoms. The monoisotopic (exact) mass is 717 g/mol. The van der Waals surface area contributed by atoms with Crippen LogP contribution in [0.25, 0.3) is 98.5 Å². The van der Waals surface area contributed by atoms with Gasteiger partial charge in [0.1, 0.15) is 50.4 Å². The summed E-state index contributed by atoms with van der Waals surface area (Å²) in [5.41, 5.74) is 15.9. The molecule has 0 saturated carbocycles. The van der Waals surface area contributed by atoms with Gasteiger partial charge >= 0.3 is 0 Å². The number of hydrogen-bond donors (Lipinski definition) is 0. The van der Waals surface area contributed by atoms with Crippen LogP contribution in [0, 0.1) is 0 Å². The van der Waals surface area contributed by atoms with Crippen LogP contribution in [0.2, 0.25) is 0 Å². The minimum atomic E-state index is 0.604. The van der Waals surface area contributed by atoms with Crippen LogP contribution >= 0.6 is 11.3 Å². The molecule has 0 aliphatic rings. The van der Waals surface area contributed by atoms with E-state index in [4.69, 9.17) is 19.4 Å². The highest BCUT2D eigenvalue weighted by Gasteiger charge is 2.22. The van der Waals surface area contributed by atoms with Gasteiger partial charge in [0, 0.05) is 53.2 Å². The molecule has 0 radical (unpaired) electrons. The van der Waals surface area contributed by atoms with Crippen LogP contribution in [0.4, 0.5) is 0 Å². The average Bonchev–Trinajstić information content (AvgIpc) is 3.82. The molecule has 0 atom stereocenters. The van der Waals surface area contributed by atoms with Crippen molar-refractivity contribution in [3.8, 4) is 56.4 Å². The highest BCUT2D eigenvalue weighted by atomic mass is 32.1. The molecule has 0 aliphatic carbocycles. The van der Waals surface area contributed by atoms with E-state index in [0.29, 0.717) is 17.5 Å².